The standard InChI is InChI=1S/C17H19NO/c1-19-17-8-4-5-13(9-17)12-18-16-10-14-6-2-3-7-15(14)11-16/h2-9,16,18H,10-12H2,1H3. The summed E-state index contributed by atoms with van der Waals surface area (Å²) in [6, 6.07) is 17.5. The Bertz CT molecular complexity index is 540. The van der Waals surface area contributed by atoms with Gasteiger partial charge in [-0.15, -0.1) is 0 Å². The first kappa shape index (κ1) is 12.2. The zero-order chi connectivity index (χ0) is 13.1. The zero-order valence-corrected chi connectivity index (χ0v) is 11.2. The lowest BCUT2D eigenvalue weighted by Crippen LogP contribution is -2.28. The van der Waals surface area contributed by atoms with Crippen LogP contribution in [0.25, 0.3) is 0 Å². The van der Waals surface area contributed by atoms with Crippen molar-refractivity contribution in [2.45, 2.75) is 25.4 Å². The lowest BCUT2D eigenvalue weighted by molar-refractivity contribution is 0.413. The fraction of sp³-hybridized carbons (Fsp3) is 0.294. The summed E-state index contributed by atoms with van der Waals surface area (Å²) < 4.78 is 5.25. The van der Waals surface area contributed by atoms with E-state index in [0.29, 0.717) is 6.04 Å². The number of ether oxygens (including phenoxy) is 1. The largest absolute Gasteiger partial charge is 0.497 e. The molecule has 0 heterocycles. The molecule has 0 atom stereocenters. The molecular formula is C17H19NO. The fourth-order valence-corrected chi connectivity index (χ4v) is 2.75. The van der Waals surface area contributed by atoms with Crippen LogP contribution in [0.15, 0.2) is 48.5 Å². The predicted octanol–water partition coefficient (Wildman–Crippen LogP) is 2.95. The van der Waals surface area contributed by atoms with Crippen LogP contribution in [-0.2, 0) is 19.4 Å². The number of hydrogen-bond donors (Lipinski definition) is 1. The molecule has 2 aromatic carbocycles. The Morgan fingerprint density at radius 3 is 2.47 bits per heavy atom. The van der Waals surface area contributed by atoms with Gasteiger partial charge in [0.2, 0.25) is 0 Å². The molecule has 0 bridgehead atoms. The van der Waals surface area contributed by atoms with E-state index < -0.39 is 0 Å². The van der Waals surface area contributed by atoms with E-state index in [-0.39, 0.29) is 0 Å². The summed E-state index contributed by atoms with van der Waals surface area (Å²) in [5.41, 5.74) is 4.26. The number of nitrogens with one attached hydrogen (secondary N) is 1. The summed E-state index contributed by atoms with van der Waals surface area (Å²) in [5, 5.41) is 3.64. The van der Waals surface area contributed by atoms with Gasteiger partial charge >= 0.3 is 0 Å². The molecule has 0 aromatic heterocycles. The lowest BCUT2D eigenvalue weighted by Gasteiger charge is -2.12. The molecule has 19 heavy (non-hydrogen) atoms. The minimum Gasteiger partial charge on any atom is -0.497 e. The highest BCUT2D eigenvalue weighted by atomic mass is 16.5. The molecule has 0 unspecified atom stereocenters. The van der Waals surface area contributed by atoms with Crippen molar-refractivity contribution < 1.29 is 4.74 Å². The minimum absolute atomic E-state index is 0.559. The van der Waals surface area contributed by atoms with Crippen molar-refractivity contribution >= 4 is 0 Å². The third-order valence-corrected chi connectivity index (χ3v) is 3.78. The second kappa shape index (κ2) is 5.45. The monoisotopic (exact) mass is 253 g/mol. The van der Waals surface area contributed by atoms with Crippen molar-refractivity contribution in [3.63, 3.8) is 0 Å². The first-order valence-corrected chi connectivity index (χ1v) is 6.78. The quantitative estimate of drug-likeness (QED) is 0.904. The van der Waals surface area contributed by atoms with E-state index in [0.717, 1.165) is 25.1 Å². The van der Waals surface area contributed by atoms with Crippen molar-refractivity contribution in [3.05, 3.63) is 65.2 Å². The summed E-state index contributed by atoms with van der Waals surface area (Å²) in [4.78, 5) is 0. The van der Waals surface area contributed by atoms with E-state index in [9.17, 15) is 0 Å². The molecule has 1 aliphatic rings. The van der Waals surface area contributed by atoms with Crippen molar-refractivity contribution in [2.24, 2.45) is 0 Å². The molecule has 3 rings (SSSR count). The van der Waals surface area contributed by atoms with Gasteiger partial charge in [-0.3, -0.25) is 0 Å². The Balaban J connectivity index is 1.59. The Kier molecular flexibility index (Phi) is 3.51. The summed E-state index contributed by atoms with van der Waals surface area (Å²) in [7, 11) is 1.71. The number of rotatable bonds is 4. The van der Waals surface area contributed by atoms with Crippen LogP contribution >= 0.6 is 0 Å². The van der Waals surface area contributed by atoms with E-state index in [1.807, 2.05) is 12.1 Å². The molecule has 2 aromatic rings. The summed E-state index contributed by atoms with van der Waals surface area (Å²) in [6.45, 7) is 0.899. The molecular weight excluding hydrogens is 234 g/mol. The van der Waals surface area contributed by atoms with Crippen molar-refractivity contribution in [3.8, 4) is 5.75 Å². The van der Waals surface area contributed by atoms with Gasteiger partial charge in [-0.2, -0.15) is 0 Å². The number of hydrogen-bond acceptors (Lipinski definition) is 2. The molecule has 1 aliphatic carbocycles. The molecule has 2 heteroatoms. The first-order valence-electron chi connectivity index (χ1n) is 6.78. The molecule has 0 saturated heterocycles. The predicted molar refractivity (Wildman–Crippen MR) is 77.5 cm³/mol. The fourth-order valence-electron chi connectivity index (χ4n) is 2.75. The third-order valence-electron chi connectivity index (χ3n) is 3.78. The smallest absolute Gasteiger partial charge is 0.119 e. The van der Waals surface area contributed by atoms with Crippen molar-refractivity contribution in [2.75, 3.05) is 7.11 Å². The topological polar surface area (TPSA) is 21.3 Å². The summed E-state index contributed by atoms with van der Waals surface area (Å²) in [5.74, 6) is 0.925. The van der Waals surface area contributed by atoms with Crippen LogP contribution in [0.3, 0.4) is 0 Å². The molecule has 0 fully saturated rings. The first-order chi connectivity index (χ1) is 9.35. The Morgan fingerprint density at radius 2 is 1.79 bits per heavy atom. The Hall–Kier alpha value is -1.80. The van der Waals surface area contributed by atoms with E-state index in [1.165, 1.54) is 16.7 Å². The molecule has 0 aliphatic heterocycles. The minimum atomic E-state index is 0.559. The van der Waals surface area contributed by atoms with Crippen LogP contribution in [0.5, 0.6) is 5.75 Å². The van der Waals surface area contributed by atoms with E-state index in [4.69, 9.17) is 4.74 Å². The summed E-state index contributed by atoms with van der Waals surface area (Å²) >= 11 is 0. The second-order valence-corrected chi connectivity index (χ2v) is 5.11. The van der Waals surface area contributed by atoms with Crippen LogP contribution in [0, 0.1) is 0 Å². The van der Waals surface area contributed by atoms with Gasteiger partial charge in [0.05, 0.1) is 7.11 Å². The Morgan fingerprint density at radius 1 is 1.05 bits per heavy atom. The van der Waals surface area contributed by atoms with Crippen molar-refractivity contribution in [1.82, 2.24) is 5.32 Å². The normalized spacial score (nSPS) is 14.4. The SMILES string of the molecule is COc1cccc(CNC2Cc3ccccc3C2)c1. The Labute approximate surface area is 114 Å². The van der Waals surface area contributed by atoms with Gasteiger partial charge in [0.15, 0.2) is 0 Å². The van der Waals surface area contributed by atoms with E-state index >= 15 is 0 Å². The molecule has 0 amide bonds. The summed E-state index contributed by atoms with van der Waals surface area (Å²) in [6.07, 6.45) is 2.28. The highest BCUT2D eigenvalue weighted by Gasteiger charge is 2.19. The van der Waals surface area contributed by atoms with Crippen LogP contribution in [-0.4, -0.2) is 13.2 Å². The maximum Gasteiger partial charge on any atom is 0.119 e. The van der Waals surface area contributed by atoms with Crippen LogP contribution in [0.2, 0.25) is 0 Å². The highest BCUT2D eigenvalue weighted by molar-refractivity contribution is 5.33. The maximum atomic E-state index is 5.25. The van der Waals surface area contributed by atoms with Gasteiger partial charge in [0.1, 0.15) is 5.75 Å². The van der Waals surface area contributed by atoms with Gasteiger partial charge in [-0.25, -0.2) is 0 Å². The molecule has 0 radical (unpaired) electrons. The van der Waals surface area contributed by atoms with Crippen LogP contribution < -0.4 is 10.1 Å². The average molecular weight is 253 g/mol. The van der Waals surface area contributed by atoms with Gasteiger partial charge < -0.3 is 10.1 Å². The van der Waals surface area contributed by atoms with Gasteiger partial charge in [0.25, 0.3) is 0 Å². The number of fused-ring (bicyclic) bond motifs is 1. The molecule has 0 saturated carbocycles. The molecule has 0 spiro atoms. The number of methoxy groups -OCH3 is 1. The molecule has 1 N–H and O–H groups in total. The zero-order valence-electron chi connectivity index (χ0n) is 11.2. The molecule has 2 nitrogen and oxygen atoms in total. The van der Waals surface area contributed by atoms with E-state index in [1.54, 1.807) is 7.11 Å². The number of benzene rings is 2. The van der Waals surface area contributed by atoms with Gasteiger partial charge in [0, 0.05) is 12.6 Å². The lowest BCUT2D eigenvalue weighted by atomic mass is 10.1. The maximum absolute atomic E-state index is 5.25. The van der Waals surface area contributed by atoms with Gasteiger partial charge in [-0.1, -0.05) is 36.4 Å². The van der Waals surface area contributed by atoms with Crippen LogP contribution in [0.1, 0.15) is 16.7 Å². The van der Waals surface area contributed by atoms with Gasteiger partial charge in [-0.05, 0) is 41.7 Å². The molecule has 98 valence electrons. The second-order valence-electron chi connectivity index (χ2n) is 5.11. The average Bonchev–Trinajstić information content (AvgIpc) is 2.88. The van der Waals surface area contributed by atoms with Crippen molar-refractivity contribution in [1.29, 1.82) is 0 Å². The van der Waals surface area contributed by atoms with Crippen LogP contribution in [0.4, 0.5) is 0 Å². The van der Waals surface area contributed by atoms with E-state index in [2.05, 4.69) is 41.7 Å². The third kappa shape index (κ3) is 2.79. The highest BCUT2D eigenvalue weighted by Crippen LogP contribution is 2.22.